The highest BCUT2D eigenvalue weighted by Gasteiger charge is 2.42. The van der Waals surface area contributed by atoms with Gasteiger partial charge in [-0.2, -0.15) is 0 Å². The molecule has 102 valence electrons. The van der Waals surface area contributed by atoms with Crippen LogP contribution in [0.5, 0.6) is 0 Å². The summed E-state index contributed by atoms with van der Waals surface area (Å²) >= 11 is 0. The second-order valence-corrected chi connectivity index (χ2v) is 6.47. The van der Waals surface area contributed by atoms with Crippen LogP contribution in [0.1, 0.15) is 25.7 Å². The van der Waals surface area contributed by atoms with Crippen molar-refractivity contribution in [1.29, 1.82) is 0 Å². The number of aromatic nitrogens is 1. The van der Waals surface area contributed by atoms with Crippen LogP contribution in [0.2, 0.25) is 0 Å². The van der Waals surface area contributed by atoms with Crippen LogP contribution in [-0.2, 0) is 0 Å². The van der Waals surface area contributed by atoms with Gasteiger partial charge in [0, 0.05) is 50.3 Å². The first-order valence-corrected chi connectivity index (χ1v) is 7.79. The Kier molecular flexibility index (Phi) is 2.95. The summed E-state index contributed by atoms with van der Waals surface area (Å²) in [6.07, 6.45) is 9.82. The summed E-state index contributed by atoms with van der Waals surface area (Å²) in [6.45, 7) is 4.85. The van der Waals surface area contributed by atoms with Crippen LogP contribution in [0.15, 0.2) is 24.5 Å². The van der Waals surface area contributed by atoms with Gasteiger partial charge < -0.3 is 4.90 Å². The van der Waals surface area contributed by atoms with Crippen LogP contribution in [0, 0.1) is 11.8 Å². The Morgan fingerprint density at radius 1 is 0.947 bits per heavy atom. The van der Waals surface area contributed by atoms with Crippen LogP contribution in [-0.4, -0.2) is 42.1 Å². The van der Waals surface area contributed by atoms with Crippen LogP contribution < -0.4 is 4.90 Å². The second-order valence-electron chi connectivity index (χ2n) is 6.47. The summed E-state index contributed by atoms with van der Waals surface area (Å²) in [7, 11) is 0. The SMILES string of the molecule is c1cc(N2CCN(C3CC4CCC3C4)CC2)ccn1. The third-order valence-corrected chi connectivity index (χ3v) is 5.51. The monoisotopic (exact) mass is 257 g/mol. The van der Waals surface area contributed by atoms with E-state index in [1.807, 2.05) is 12.4 Å². The first-order valence-electron chi connectivity index (χ1n) is 7.79. The number of pyridine rings is 1. The molecular formula is C16H23N3. The Morgan fingerprint density at radius 3 is 2.37 bits per heavy atom. The van der Waals surface area contributed by atoms with E-state index in [0.29, 0.717) is 0 Å². The molecule has 2 bridgehead atoms. The Morgan fingerprint density at radius 2 is 1.74 bits per heavy atom. The maximum Gasteiger partial charge on any atom is 0.0397 e. The van der Waals surface area contributed by atoms with Gasteiger partial charge in [-0.15, -0.1) is 0 Å². The summed E-state index contributed by atoms with van der Waals surface area (Å²) in [5.74, 6) is 2.09. The molecule has 3 fully saturated rings. The summed E-state index contributed by atoms with van der Waals surface area (Å²) in [4.78, 5) is 9.39. The topological polar surface area (TPSA) is 19.4 Å². The van der Waals surface area contributed by atoms with Crippen molar-refractivity contribution in [2.24, 2.45) is 11.8 Å². The molecule has 1 saturated heterocycles. The highest BCUT2D eigenvalue weighted by Crippen LogP contribution is 2.46. The zero-order chi connectivity index (χ0) is 12.7. The molecule has 0 N–H and O–H groups in total. The molecule has 0 amide bonds. The predicted molar refractivity (Wildman–Crippen MR) is 77.3 cm³/mol. The maximum atomic E-state index is 4.11. The zero-order valence-electron chi connectivity index (χ0n) is 11.5. The molecule has 19 heavy (non-hydrogen) atoms. The van der Waals surface area contributed by atoms with Gasteiger partial charge in [0.2, 0.25) is 0 Å². The van der Waals surface area contributed by atoms with Gasteiger partial charge in [-0.25, -0.2) is 0 Å². The van der Waals surface area contributed by atoms with Gasteiger partial charge in [0.15, 0.2) is 0 Å². The van der Waals surface area contributed by atoms with Gasteiger partial charge in [-0.1, -0.05) is 6.42 Å². The largest absolute Gasteiger partial charge is 0.369 e. The van der Waals surface area contributed by atoms with Gasteiger partial charge in [-0.3, -0.25) is 9.88 Å². The van der Waals surface area contributed by atoms with E-state index in [0.717, 1.165) is 17.9 Å². The minimum absolute atomic E-state index is 0.915. The van der Waals surface area contributed by atoms with Crippen molar-refractivity contribution >= 4 is 5.69 Å². The average Bonchev–Trinajstić information content (AvgIpc) is 3.11. The van der Waals surface area contributed by atoms with Crippen LogP contribution in [0.4, 0.5) is 5.69 Å². The fourth-order valence-corrected chi connectivity index (χ4v) is 4.52. The van der Waals surface area contributed by atoms with E-state index in [9.17, 15) is 0 Å². The number of rotatable bonds is 2. The third kappa shape index (κ3) is 2.14. The number of hydrogen-bond acceptors (Lipinski definition) is 3. The van der Waals surface area contributed by atoms with Gasteiger partial charge in [0.1, 0.15) is 0 Å². The van der Waals surface area contributed by atoms with E-state index in [1.165, 1.54) is 57.5 Å². The van der Waals surface area contributed by atoms with Crippen LogP contribution in [0.3, 0.4) is 0 Å². The third-order valence-electron chi connectivity index (χ3n) is 5.51. The van der Waals surface area contributed by atoms with Crippen LogP contribution in [0.25, 0.3) is 0 Å². The molecule has 0 spiro atoms. The Bertz CT molecular complexity index is 425. The van der Waals surface area contributed by atoms with E-state index >= 15 is 0 Å². The molecule has 2 heterocycles. The Balaban J connectivity index is 1.38. The van der Waals surface area contributed by atoms with E-state index in [1.54, 1.807) is 0 Å². The minimum atomic E-state index is 0.915. The molecular weight excluding hydrogens is 234 g/mol. The van der Waals surface area contributed by atoms with Gasteiger partial charge in [-0.05, 0) is 43.2 Å². The van der Waals surface area contributed by atoms with Crippen molar-refractivity contribution in [3.05, 3.63) is 24.5 Å². The molecule has 3 heteroatoms. The summed E-state index contributed by atoms with van der Waals surface area (Å²) in [5.41, 5.74) is 1.34. The molecule has 1 aromatic rings. The average molecular weight is 257 g/mol. The Labute approximate surface area is 115 Å². The molecule has 1 aliphatic heterocycles. The molecule has 1 aromatic heterocycles. The number of nitrogens with zero attached hydrogens (tertiary/aromatic N) is 3. The fourth-order valence-electron chi connectivity index (χ4n) is 4.52. The van der Waals surface area contributed by atoms with Gasteiger partial charge >= 0.3 is 0 Å². The van der Waals surface area contributed by atoms with Crippen molar-refractivity contribution < 1.29 is 0 Å². The standard InChI is InChI=1S/C16H23N3/c1-2-14-11-13(1)12-16(14)19-9-7-18(8-10-19)15-3-5-17-6-4-15/h3-6,13-14,16H,1-2,7-12H2. The molecule has 2 aliphatic carbocycles. The van der Waals surface area contributed by atoms with Crippen molar-refractivity contribution in [2.45, 2.75) is 31.7 Å². The molecule has 3 atom stereocenters. The van der Waals surface area contributed by atoms with Gasteiger partial charge in [0.25, 0.3) is 0 Å². The number of fused-ring (bicyclic) bond motifs is 2. The number of piperazine rings is 1. The van der Waals surface area contributed by atoms with Gasteiger partial charge in [0.05, 0.1) is 0 Å². The highest BCUT2D eigenvalue weighted by molar-refractivity contribution is 5.45. The first-order chi connectivity index (χ1) is 9.40. The van der Waals surface area contributed by atoms with E-state index in [-0.39, 0.29) is 0 Å². The molecule has 2 saturated carbocycles. The molecule has 0 radical (unpaired) electrons. The lowest BCUT2D eigenvalue weighted by atomic mass is 9.93. The quantitative estimate of drug-likeness (QED) is 0.811. The molecule has 3 unspecified atom stereocenters. The fraction of sp³-hybridized carbons (Fsp3) is 0.688. The minimum Gasteiger partial charge on any atom is -0.369 e. The lowest BCUT2D eigenvalue weighted by Gasteiger charge is -2.41. The van der Waals surface area contributed by atoms with Crippen molar-refractivity contribution in [3.8, 4) is 0 Å². The molecule has 3 nitrogen and oxygen atoms in total. The van der Waals surface area contributed by atoms with Crippen molar-refractivity contribution in [2.75, 3.05) is 31.1 Å². The van der Waals surface area contributed by atoms with Crippen LogP contribution >= 0.6 is 0 Å². The van der Waals surface area contributed by atoms with Crippen molar-refractivity contribution in [3.63, 3.8) is 0 Å². The molecule has 3 aliphatic rings. The Hall–Kier alpha value is -1.09. The van der Waals surface area contributed by atoms with Crippen molar-refractivity contribution in [1.82, 2.24) is 9.88 Å². The van der Waals surface area contributed by atoms with E-state index < -0.39 is 0 Å². The second kappa shape index (κ2) is 4.78. The van der Waals surface area contributed by atoms with E-state index in [4.69, 9.17) is 0 Å². The van der Waals surface area contributed by atoms with E-state index in [2.05, 4.69) is 26.9 Å². The smallest absolute Gasteiger partial charge is 0.0397 e. The summed E-state index contributed by atoms with van der Waals surface area (Å²) in [6, 6.07) is 5.18. The predicted octanol–water partition coefficient (Wildman–Crippen LogP) is 2.39. The summed E-state index contributed by atoms with van der Waals surface area (Å²) < 4.78 is 0. The number of anilines is 1. The summed E-state index contributed by atoms with van der Waals surface area (Å²) in [5, 5.41) is 0. The molecule has 4 rings (SSSR count). The lowest BCUT2D eigenvalue weighted by Crippen LogP contribution is -2.51. The lowest BCUT2D eigenvalue weighted by molar-refractivity contribution is 0.135. The number of hydrogen-bond donors (Lipinski definition) is 0. The highest BCUT2D eigenvalue weighted by atomic mass is 15.3. The zero-order valence-corrected chi connectivity index (χ0v) is 11.5. The normalized spacial score (nSPS) is 34.9. The first kappa shape index (κ1) is 11.7. The maximum absolute atomic E-state index is 4.11. The molecule has 0 aromatic carbocycles.